The van der Waals surface area contributed by atoms with Crippen molar-refractivity contribution >= 4 is 8.32 Å². The molecule has 9 unspecified atom stereocenters. The van der Waals surface area contributed by atoms with Crippen LogP contribution in [0.15, 0.2) is 11.6 Å². The van der Waals surface area contributed by atoms with Crippen LogP contribution in [0.4, 0.5) is 0 Å². The first-order chi connectivity index (χ1) is 20.7. The van der Waals surface area contributed by atoms with Gasteiger partial charge >= 0.3 is 0 Å². The average Bonchev–Trinajstić information content (AvgIpc) is 2.94. The minimum absolute atomic E-state index is 0.0242. The van der Waals surface area contributed by atoms with E-state index in [4.69, 9.17) is 23.5 Å². The van der Waals surface area contributed by atoms with E-state index in [0.717, 1.165) is 56.6 Å². The van der Waals surface area contributed by atoms with Crippen molar-refractivity contribution in [3.8, 4) is 0 Å². The largest absolute Gasteiger partial charge is 0.379 e. The van der Waals surface area contributed by atoms with E-state index in [0.29, 0.717) is 23.8 Å². The van der Waals surface area contributed by atoms with Crippen molar-refractivity contribution in [2.75, 3.05) is 40.5 Å². The Balaban J connectivity index is 1.91. The number of hydroxylamine groups is 3. The number of hydrogen-bond acceptors (Lipinski definition) is 5. The molecule has 2 saturated heterocycles. The van der Waals surface area contributed by atoms with Gasteiger partial charge < -0.3 is 18.9 Å². The Labute approximate surface area is 273 Å². The third-order valence-corrected chi connectivity index (χ3v) is 16.0. The molecule has 3 aliphatic heterocycles. The van der Waals surface area contributed by atoms with Gasteiger partial charge in [-0.25, -0.2) is 0 Å². The molecule has 0 saturated carbocycles. The molecule has 9 atom stereocenters. The molecule has 0 aromatic carbocycles. The van der Waals surface area contributed by atoms with Gasteiger partial charge in [-0.15, -0.1) is 0 Å². The van der Waals surface area contributed by atoms with E-state index in [1.54, 1.807) is 0 Å². The number of allylic oxidation sites excluding steroid dienone is 2. The molecule has 3 aliphatic rings. The van der Waals surface area contributed by atoms with Crippen molar-refractivity contribution in [3.05, 3.63) is 11.6 Å². The molecule has 0 aliphatic carbocycles. The fourth-order valence-corrected chi connectivity index (χ4v) is 9.25. The summed E-state index contributed by atoms with van der Waals surface area (Å²) in [7, 11) is 1.66. The molecule has 0 N–H and O–H groups in total. The zero-order valence-corrected chi connectivity index (χ0v) is 31.8. The highest BCUT2D eigenvalue weighted by atomic mass is 28.4. The maximum Gasteiger partial charge on any atom is 0.271 e. The third kappa shape index (κ3) is 10.6. The minimum Gasteiger partial charge on any atom is -0.379 e. The standard InChI is InChI=1S/C37H72NO5Si/c1-28-17-13-12-14-18-29(2)26-41-27-32-19-15-16-21-38(32,43-44(10,11)37(5,6)7)22-20-33-31(4)25-35(40-9)36(42-33)34(39-8)24-30(3)23-28/h17,29-36H,12-16,18-27H2,1-11H3/q+1. The first-order valence-electron chi connectivity index (χ1n) is 18.2. The van der Waals surface area contributed by atoms with Gasteiger partial charge in [-0.3, -0.25) is 4.53 Å². The lowest BCUT2D eigenvalue weighted by molar-refractivity contribution is -1.11. The predicted octanol–water partition coefficient (Wildman–Crippen LogP) is 9.10. The molecule has 0 aromatic rings. The number of quaternary nitrogens is 1. The van der Waals surface area contributed by atoms with Gasteiger partial charge in [-0.2, -0.15) is 4.65 Å². The highest BCUT2D eigenvalue weighted by molar-refractivity contribution is 6.73. The van der Waals surface area contributed by atoms with Crippen molar-refractivity contribution in [2.24, 2.45) is 17.8 Å². The van der Waals surface area contributed by atoms with Crippen LogP contribution in [0.2, 0.25) is 18.1 Å². The van der Waals surface area contributed by atoms with E-state index in [1.165, 1.54) is 50.5 Å². The second kappa shape index (κ2) is 17.2. The summed E-state index contributed by atoms with van der Waals surface area (Å²) < 4.78 is 34.2. The molecule has 0 aromatic heterocycles. The molecule has 0 spiro atoms. The van der Waals surface area contributed by atoms with E-state index in [1.807, 2.05) is 14.2 Å². The lowest BCUT2D eigenvalue weighted by Crippen LogP contribution is -2.66. The van der Waals surface area contributed by atoms with Crippen LogP contribution in [-0.2, 0) is 23.5 Å². The Morgan fingerprint density at radius 2 is 1.52 bits per heavy atom. The van der Waals surface area contributed by atoms with Crippen molar-refractivity contribution in [1.82, 2.24) is 0 Å². The first-order valence-corrected chi connectivity index (χ1v) is 21.1. The summed E-state index contributed by atoms with van der Waals surface area (Å²) in [6.07, 6.45) is 15.3. The highest BCUT2D eigenvalue weighted by Gasteiger charge is 2.52. The van der Waals surface area contributed by atoms with Gasteiger partial charge in [0.05, 0.1) is 18.3 Å². The minimum atomic E-state index is -2.04. The first kappa shape index (κ1) is 38.2. The Bertz CT molecular complexity index is 874. The molecule has 0 amide bonds. The van der Waals surface area contributed by atoms with E-state index < -0.39 is 8.32 Å². The number of rotatable bonds is 4. The van der Waals surface area contributed by atoms with Gasteiger partial charge in [0.15, 0.2) is 0 Å². The van der Waals surface area contributed by atoms with E-state index in [2.05, 4.69) is 67.6 Å². The van der Waals surface area contributed by atoms with Crippen LogP contribution < -0.4 is 0 Å². The quantitative estimate of drug-likeness (QED) is 0.175. The van der Waals surface area contributed by atoms with Crippen LogP contribution in [0, 0.1) is 17.8 Å². The van der Waals surface area contributed by atoms with Gasteiger partial charge in [0, 0.05) is 33.7 Å². The van der Waals surface area contributed by atoms with Crippen molar-refractivity contribution in [3.63, 3.8) is 0 Å². The summed E-state index contributed by atoms with van der Waals surface area (Å²) in [6.45, 7) is 25.0. The zero-order valence-electron chi connectivity index (χ0n) is 30.8. The lowest BCUT2D eigenvalue weighted by Gasteiger charge is -2.51. The molecule has 3 rings (SSSR count). The van der Waals surface area contributed by atoms with Crippen molar-refractivity contribution in [2.45, 2.75) is 168 Å². The van der Waals surface area contributed by atoms with E-state index in [9.17, 15) is 0 Å². The van der Waals surface area contributed by atoms with Crippen LogP contribution in [0.3, 0.4) is 0 Å². The molecule has 3 heterocycles. The molecule has 44 heavy (non-hydrogen) atoms. The van der Waals surface area contributed by atoms with Crippen LogP contribution in [0.25, 0.3) is 0 Å². The van der Waals surface area contributed by atoms with Gasteiger partial charge in [-0.05, 0) is 94.2 Å². The Morgan fingerprint density at radius 3 is 2.20 bits per heavy atom. The number of hydrogen-bond donors (Lipinski definition) is 0. The van der Waals surface area contributed by atoms with Crippen molar-refractivity contribution in [1.29, 1.82) is 0 Å². The Hall–Kier alpha value is -0.283. The fourth-order valence-electron chi connectivity index (χ4n) is 7.73. The number of methoxy groups -OCH3 is 2. The average molecular weight is 639 g/mol. The number of nitrogens with zero attached hydrogens (tertiary/aromatic N) is 1. The fraction of sp³-hybridized carbons (Fsp3) is 0.946. The van der Waals surface area contributed by atoms with E-state index in [-0.39, 0.29) is 29.5 Å². The number of fused-ring (bicyclic) bond motifs is 3. The molecule has 258 valence electrons. The molecular weight excluding hydrogens is 566 g/mol. The van der Waals surface area contributed by atoms with E-state index >= 15 is 0 Å². The van der Waals surface area contributed by atoms with Crippen molar-refractivity contribution < 1.29 is 28.1 Å². The third-order valence-electron chi connectivity index (χ3n) is 11.6. The summed E-state index contributed by atoms with van der Waals surface area (Å²) in [6, 6.07) is 0.376. The maximum absolute atomic E-state index is 7.51. The maximum atomic E-state index is 7.51. The second-order valence-corrected chi connectivity index (χ2v) is 21.3. The predicted molar refractivity (Wildman–Crippen MR) is 185 cm³/mol. The topological polar surface area (TPSA) is 46.2 Å². The SMILES string of the molecule is COC1CC(C)CC(C)=CCCCCC(C)COCC2CCCC[N+]2(O[Si](C)(C)C(C)(C)C)CCC2OC1C(OC)CC2C. The molecule has 2 fully saturated rings. The molecule has 2 bridgehead atoms. The van der Waals surface area contributed by atoms with Gasteiger partial charge in [0.25, 0.3) is 8.32 Å². The molecular formula is C37H72NO5Si+. The van der Waals surface area contributed by atoms with Crippen LogP contribution in [-0.4, -0.2) is 83.9 Å². The number of ether oxygens (including phenoxy) is 4. The van der Waals surface area contributed by atoms with Gasteiger partial charge in [-0.1, -0.05) is 59.6 Å². The summed E-state index contributed by atoms with van der Waals surface area (Å²) in [5.74, 6) is 1.54. The molecule has 0 radical (unpaired) electrons. The Kier molecular flexibility index (Phi) is 14.9. The second-order valence-electron chi connectivity index (χ2n) is 16.6. The number of piperidine rings is 1. The highest BCUT2D eigenvalue weighted by Crippen LogP contribution is 2.42. The summed E-state index contributed by atoms with van der Waals surface area (Å²) >= 11 is 0. The monoisotopic (exact) mass is 639 g/mol. The van der Waals surface area contributed by atoms with Gasteiger partial charge in [0.2, 0.25) is 0 Å². The summed E-state index contributed by atoms with van der Waals surface area (Å²) in [4.78, 5) is 0. The van der Waals surface area contributed by atoms with Gasteiger partial charge in [0.1, 0.15) is 31.8 Å². The Morgan fingerprint density at radius 1 is 0.841 bits per heavy atom. The smallest absolute Gasteiger partial charge is 0.271 e. The zero-order chi connectivity index (χ0) is 32.5. The van der Waals surface area contributed by atoms with Crippen LogP contribution >= 0.6 is 0 Å². The summed E-state index contributed by atoms with van der Waals surface area (Å²) in [5.41, 5.74) is 1.50. The van der Waals surface area contributed by atoms with Crippen LogP contribution in [0.5, 0.6) is 0 Å². The molecule has 7 heteroatoms. The lowest BCUT2D eigenvalue weighted by atomic mass is 9.84. The van der Waals surface area contributed by atoms with Crippen LogP contribution in [0.1, 0.15) is 119 Å². The molecule has 6 nitrogen and oxygen atoms in total. The normalized spacial score (nSPS) is 38.2. The summed E-state index contributed by atoms with van der Waals surface area (Å²) in [5, 5.41) is 0.153.